The fourth-order valence-electron chi connectivity index (χ4n) is 1.15. The molecule has 0 aliphatic heterocycles. The van der Waals surface area contributed by atoms with Crippen LogP contribution in [0.25, 0.3) is 0 Å². The van der Waals surface area contributed by atoms with Crippen molar-refractivity contribution in [3.8, 4) is 0 Å². The lowest BCUT2D eigenvalue weighted by Gasteiger charge is -2.20. The van der Waals surface area contributed by atoms with Crippen LogP contribution in [0.2, 0.25) is 0 Å². The number of alkyl halides is 1. The van der Waals surface area contributed by atoms with Crippen LogP contribution in [0.4, 0.5) is 0 Å². The van der Waals surface area contributed by atoms with Gasteiger partial charge < -0.3 is 4.90 Å². The fourth-order valence-corrected chi connectivity index (χ4v) is 1.25. The third-order valence-electron chi connectivity index (χ3n) is 2.23. The molecule has 2 heteroatoms. The van der Waals surface area contributed by atoms with Gasteiger partial charge in [-0.2, -0.15) is 0 Å². The molecule has 0 radical (unpaired) electrons. The Balaban J connectivity index is 3.39. The summed E-state index contributed by atoms with van der Waals surface area (Å²) in [5.74, 6) is 0.806. The third kappa shape index (κ3) is 6.93. The van der Waals surface area contributed by atoms with E-state index in [1.165, 1.54) is 13.0 Å². The Kier molecular flexibility index (Phi) is 6.87. The van der Waals surface area contributed by atoms with E-state index in [0.29, 0.717) is 5.38 Å². The minimum Gasteiger partial charge on any atom is -0.306 e. The van der Waals surface area contributed by atoms with Gasteiger partial charge in [0.1, 0.15) is 0 Å². The van der Waals surface area contributed by atoms with Gasteiger partial charge in [-0.1, -0.05) is 20.3 Å². The van der Waals surface area contributed by atoms with Crippen LogP contribution in [0.5, 0.6) is 0 Å². The van der Waals surface area contributed by atoms with Crippen molar-refractivity contribution in [3.05, 3.63) is 0 Å². The molecular weight excluding hydrogens is 170 g/mol. The maximum Gasteiger partial charge on any atom is 0.0320 e. The van der Waals surface area contributed by atoms with Crippen LogP contribution in [0.15, 0.2) is 0 Å². The van der Waals surface area contributed by atoms with E-state index in [-0.39, 0.29) is 0 Å². The first-order valence-corrected chi connectivity index (χ1v) is 5.32. The second-order valence-corrected chi connectivity index (χ2v) is 4.59. The van der Waals surface area contributed by atoms with Gasteiger partial charge in [0.05, 0.1) is 0 Å². The van der Waals surface area contributed by atoms with E-state index in [1.807, 2.05) is 0 Å². The van der Waals surface area contributed by atoms with Gasteiger partial charge in [-0.05, 0) is 32.9 Å². The summed E-state index contributed by atoms with van der Waals surface area (Å²) in [5.41, 5.74) is 0. The lowest BCUT2D eigenvalue weighted by Crippen LogP contribution is -2.26. The fraction of sp³-hybridized carbons (Fsp3) is 1.00. The van der Waals surface area contributed by atoms with Crippen LogP contribution in [0, 0.1) is 5.92 Å². The average Bonchev–Trinajstić information content (AvgIpc) is 2.00. The predicted molar refractivity (Wildman–Crippen MR) is 56.9 cm³/mol. The van der Waals surface area contributed by atoms with E-state index >= 15 is 0 Å². The summed E-state index contributed by atoms with van der Waals surface area (Å²) in [5, 5.41) is 0.310. The van der Waals surface area contributed by atoms with Gasteiger partial charge in [0.2, 0.25) is 0 Å². The highest BCUT2D eigenvalue weighted by Crippen LogP contribution is 2.05. The molecule has 0 aromatic rings. The van der Waals surface area contributed by atoms with Crippen molar-refractivity contribution < 1.29 is 0 Å². The molecule has 0 amide bonds. The highest BCUT2D eigenvalue weighted by Gasteiger charge is 2.05. The van der Waals surface area contributed by atoms with Crippen LogP contribution in [0.3, 0.4) is 0 Å². The summed E-state index contributed by atoms with van der Waals surface area (Å²) in [7, 11) is 2.17. The van der Waals surface area contributed by atoms with Crippen molar-refractivity contribution in [2.75, 3.05) is 20.1 Å². The molecule has 0 bridgehead atoms. The summed E-state index contributed by atoms with van der Waals surface area (Å²) in [6, 6.07) is 0. The van der Waals surface area contributed by atoms with Crippen molar-refractivity contribution in [1.82, 2.24) is 4.90 Å². The smallest absolute Gasteiger partial charge is 0.0320 e. The number of hydrogen-bond acceptors (Lipinski definition) is 1. The molecule has 12 heavy (non-hydrogen) atoms. The Morgan fingerprint density at radius 2 is 1.92 bits per heavy atom. The first kappa shape index (κ1) is 12.2. The van der Waals surface area contributed by atoms with Crippen LogP contribution in [-0.2, 0) is 0 Å². The highest BCUT2D eigenvalue weighted by molar-refractivity contribution is 6.20. The molecule has 0 aliphatic carbocycles. The number of hydrogen-bond donors (Lipinski definition) is 0. The Morgan fingerprint density at radius 3 is 2.33 bits per heavy atom. The number of halogens is 1. The minimum absolute atomic E-state index is 0.310. The molecule has 0 aromatic carbocycles. The molecule has 1 nitrogen and oxygen atoms in total. The Hall–Kier alpha value is 0.250. The first-order chi connectivity index (χ1) is 5.56. The van der Waals surface area contributed by atoms with E-state index < -0.39 is 0 Å². The average molecular weight is 192 g/mol. The Bertz CT molecular complexity index is 104. The topological polar surface area (TPSA) is 3.24 Å². The van der Waals surface area contributed by atoms with E-state index in [2.05, 4.69) is 32.7 Å². The SMILES string of the molecule is CCC(C)CN(C)CCC(C)Cl. The molecule has 2 atom stereocenters. The Labute approximate surface area is 82.1 Å². The molecule has 0 N–H and O–H groups in total. The molecule has 2 unspecified atom stereocenters. The molecule has 0 rings (SSSR count). The summed E-state index contributed by atoms with van der Waals surface area (Å²) in [6.07, 6.45) is 2.36. The summed E-state index contributed by atoms with van der Waals surface area (Å²) >= 11 is 5.87. The predicted octanol–water partition coefficient (Wildman–Crippen LogP) is 2.98. The molecule has 0 spiro atoms. The molecule has 0 fully saturated rings. The van der Waals surface area contributed by atoms with Gasteiger partial charge in [-0.3, -0.25) is 0 Å². The minimum atomic E-state index is 0.310. The lowest BCUT2D eigenvalue weighted by molar-refractivity contribution is 0.279. The molecule has 0 aromatic heterocycles. The van der Waals surface area contributed by atoms with Gasteiger partial charge in [0.15, 0.2) is 0 Å². The zero-order valence-corrected chi connectivity index (χ0v) is 9.56. The van der Waals surface area contributed by atoms with Crippen molar-refractivity contribution in [2.24, 2.45) is 5.92 Å². The second-order valence-electron chi connectivity index (χ2n) is 3.85. The van der Waals surface area contributed by atoms with Crippen LogP contribution in [-0.4, -0.2) is 30.4 Å². The van der Waals surface area contributed by atoms with Crippen LogP contribution >= 0.6 is 11.6 Å². The number of rotatable bonds is 6. The maximum absolute atomic E-state index is 5.87. The maximum atomic E-state index is 5.87. The number of nitrogens with zero attached hydrogens (tertiary/aromatic N) is 1. The molecule has 0 aliphatic rings. The summed E-state index contributed by atoms with van der Waals surface area (Å²) < 4.78 is 0. The van der Waals surface area contributed by atoms with Crippen molar-refractivity contribution in [3.63, 3.8) is 0 Å². The van der Waals surface area contributed by atoms with E-state index in [0.717, 1.165) is 18.9 Å². The van der Waals surface area contributed by atoms with Crippen molar-refractivity contribution in [1.29, 1.82) is 0 Å². The van der Waals surface area contributed by atoms with Gasteiger partial charge in [0.25, 0.3) is 0 Å². The second kappa shape index (κ2) is 6.73. The van der Waals surface area contributed by atoms with Gasteiger partial charge >= 0.3 is 0 Å². The zero-order valence-electron chi connectivity index (χ0n) is 8.81. The van der Waals surface area contributed by atoms with E-state index in [4.69, 9.17) is 11.6 Å². The summed E-state index contributed by atoms with van der Waals surface area (Å²) in [6.45, 7) is 8.90. The van der Waals surface area contributed by atoms with E-state index in [1.54, 1.807) is 0 Å². The van der Waals surface area contributed by atoms with Crippen molar-refractivity contribution >= 4 is 11.6 Å². The molecule has 0 heterocycles. The third-order valence-corrected chi connectivity index (χ3v) is 2.45. The van der Waals surface area contributed by atoms with Crippen molar-refractivity contribution in [2.45, 2.75) is 39.0 Å². The molecule has 0 saturated carbocycles. The first-order valence-electron chi connectivity index (χ1n) is 4.88. The molecular formula is C10H22ClN. The normalized spacial score (nSPS) is 16.5. The van der Waals surface area contributed by atoms with Gasteiger partial charge in [-0.25, -0.2) is 0 Å². The molecule has 0 saturated heterocycles. The summed E-state index contributed by atoms with van der Waals surface area (Å²) in [4.78, 5) is 2.37. The molecule has 74 valence electrons. The quantitative estimate of drug-likeness (QED) is 0.584. The Morgan fingerprint density at radius 1 is 1.33 bits per heavy atom. The monoisotopic (exact) mass is 191 g/mol. The van der Waals surface area contributed by atoms with Gasteiger partial charge in [-0.15, -0.1) is 11.6 Å². The zero-order chi connectivity index (χ0) is 9.56. The van der Waals surface area contributed by atoms with Crippen LogP contribution < -0.4 is 0 Å². The highest BCUT2D eigenvalue weighted by atomic mass is 35.5. The standard InChI is InChI=1S/C10H22ClN/c1-5-9(2)8-12(4)7-6-10(3)11/h9-10H,5-8H2,1-4H3. The van der Waals surface area contributed by atoms with E-state index in [9.17, 15) is 0 Å². The van der Waals surface area contributed by atoms with Gasteiger partial charge in [0, 0.05) is 11.9 Å². The lowest BCUT2D eigenvalue weighted by atomic mass is 10.1. The largest absolute Gasteiger partial charge is 0.306 e. The van der Waals surface area contributed by atoms with Crippen LogP contribution in [0.1, 0.15) is 33.6 Å².